The Kier molecular flexibility index (Phi) is 5.79. The minimum Gasteiger partial charge on any atom is -0.481 e. The quantitative estimate of drug-likeness (QED) is 0.717. The molecule has 1 aliphatic rings. The maximum Gasteiger partial charge on any atom is 0.303 e. The van der Waals surface area contributed by atoms with E-state index in [1.54, 1.807) is 0 Å². The molecule has 28 heavy (non-hydrogen) atoms. The van der Waals surface area contributed by atoms with Gasteiger partial charge in [0.15, 0.2) is 5.82 Å². The molecule has 0 amide bonds. The van der Waals surface area contributed by atoms with Gasteiger partial charge in [0.05, 0.1) is 10.7 Å². The average Bonchev–Trinajstić information content (AvgIpc) is 2.61. The molecular formula is C21H22ClF2NO3. The topological polar surface area (TPSA) is 49.8 Å². The second-order valence-electron chi connectivity index (χ2n) is 7.37. The van der Waals surface area contributed by atoms with Crippen molar-refractivity contribution >= 4 is 23.3 Å². The molecule has 150 valence electrons. The molecule has 0 spiro atoms. The number of halogens is 3. The molecule has 1 aliphatic heterocycles. The van der Waals surface area contributed by atoms with E-state index in [-0.39, 0.29) is 22.9 Å². The minimum atomic E-state index is -1.90. The molecule has 0 unspecified atom stereocenters. The molecule has 1 N–H and O–H groups in total. The maximum absolute atomic E-state index is 14.6. The Hall–Kier alpha value is -2.34. The number of fused-ring (bicyclic) bond motifs is 1. The molecule has 4 nitrogen and oxygen atoms in total. The fourth-order valence-electron chi connectivity index (χ4n) is 3.34. The molecule has 2 aromatic rings. The predicted molar refractivity (Wildman–Crippen MR) is 104 cm³/mol. The van der Waals surface area contributed by atoms with E-state index in [0.29, 0.717) is 25.9 Å². The number of ether oxygens (including phenoxy) is 1. The van der Waals surface area contributed by atoms with Crippen LogP contribution in [-0.2, 0) is 24.2 Å². The first kappa shape index (κ1) is 20.4. The minimum absolute atomic E-state index is 0.0896. The summed E-state index contributed by atoms with van der Waals surface area (Å²) in [6, 6.07) is 8.61. The molecule has 1 heterocycles. The van der Waals surface area contributed by atoms with E-state index in [2.05, 4.69) is 0 Å². The molecule has 7 heteroatoms. The summed E-state index contributed by atoms with van der Waals surface area (Å²) in [6.45, 7) is 3.57. The van der Waals surface area contributed by atoms with Crippen molar-refractivity contribution in [1.82, 2.24) is 0 Å². The summed E-state index contributed by atoms with van der Waals surface area (Å²) < 4.78 is 33.7. The highest BCUT2D eigenvalue weighted by Gasteiger charge is 2.24. The zero-order valence-electron chi connectivity index (χ0n) is 15.8. The monoisotopic (exact) mass is 409 g/mol. The fourth-order valence-corrected chi connectivity index (χ4v) is 3.54. The number of anilines is 1. The Morgan fingerprint density at radius 1 is 1.29 bits per heavy atom. The van der Waals surface area contributed by atoms with Crippen molar-refractivity contribution in [3.8, 4) is 5.75 Å². The van der Waals surface area contributed by atoms with Crippen LogP contribution in [0.4, 0.5) is 14.5 Å². The average molecular weight is 410 g/mol. The molecule has 0 saturated carbocycles. The molecule has 0 fully saturated rings. The van der Waals surface area contributed by atoms with Gasteiger partial charge in [-0.25, -0.2) is 4.39 Å². The maximum atomic E-state index is 14.6. The highest BCUT2D eigenvalue weighted by molar-refractivity contribution is 6.31. The van der Waals surface area contributed by atoms with Crippen LogP contribution in [0.15, 0.2) is 30.3 Å². The summed E-state index contributed by atoms with van der Waals surface area (Å²) in [5, 5.41) is 8.71. The number of nitrogens with zero attached hydrogens (tertiary/aromatic N) is 1. The number of hydrogen-bond acceptors (Lipinski definition) is 3. The molecule has 0 aromatic heterocycles. The lowest BCUT2D eigenvalue weighted by atomic mass is 9.95. The summed E-state index contributed by atoms with van der Waals surface area (Å²) in [5.74, 6) is -3.12. The first-order valence-corrected chi connectivity index (χ1v) is 9.44. The van der Waals surface area contributed by atoms with Crippen molar-refractivity contribution in [2.24, 2.45) is 0 Å². The van der Waals surface area contributed by atoms with Crippen molar-refractivity contribution in [3.63, 3.8) is 0 Å². The zero-order chi connectivity index (χ0) is 20.5. The second-order valence-corrected chi connectivity index (χ2v) is 7.78. The van der Waals surface area contributed by atoms with Gasteiger partial charge in [-0.15, -0.1) is 0 Å². The van der Waals surface area contributed by atoms with Crippen LogP contribution >= 0.6 is 11.6 Å². The highest BCUT2D eigenvalue weighted by atomic mass is 35.5. The SMILES string of the molecule is CC(C)(F)Oc1cc(Cl)c(F)c(N2CCc3cc(CCC(=O)O)ccc3C2)c1. The smallest absolute Gasteiger partial charge is 0.303 e. The van der Waals surface area contributed by atoms with E-state index in [1.807, 2.05) is 23.1 Å². The Morgan fingerprint density at radius 3 is 2.71 bits per heavy atom. The lowest BCUT2D eigenvalue weighted by molar-refractivity contribution is -0.136. The van der Waals surface area contributed by atoms with Crippen LogP contribution in [-0.4, -0.2) is 23.5 Å². The number of hydrogen-bond donors (Lipinski definition) is 1. The second kappa shape index (κ2) is 7.95. The molecule has 0 aliphatic carbocycles. The number of alkyl halides is 1. The predicted octanol–water partition coefficient (Wildman–Crippen LogP) is 5.14. The van der Waals surface area contributed by atoms with Crippen molar-refractivity contribution in [3.05, 3.63) is 57.9 Å². The van der Waals surface area contributed by atoms with E-state index >= 15 is 0 Å². The van der Waals surface area contributed by atoms with Gasteiger partial charge >= 0.3 is 5.97 Å². The number of carbonyl (C=O) groups is 1. The molecule has 0 bridgehead atoms. The Balaban J connectivity index is 1.82. The van der Waals surface area contributed by atoms with Crippen LogP contribution in [0.1, 0.15) is 37.0 Å². The lowest BCUT2D eigenvalue weighted by Crippen LogP contribution is -2.31. The van der Waals surface area contributed by atoms with Gasteiger partial charge in [-0.05, 0) is 29.5 Å². The van der Waals surface area contributed by atoms with Crippen molar-refractivity contribution in [2.75, 3.05) is 11.4 Å². The van der Waals surface area contributed by atoms with Crippen LogP contribution in [0.2, 0.25) is 5.02 Å². The van der Waals surface area contributed by atoms with Crippen molar-refractivity contribution in [2.45, 2.75) is 45.5 Å². The van der Waals surface area contributed by atoms with Gasteiger partial charge in [0.1, 0.15) is 5.75 Å². The van der Waals surface area contributed by atoms with Crippen LogP contribution in [0, 0.1) is 5.82 Å². The van der Waals surface area contributed by atoms with Crippen LogP contribution < -0.4 is 9.64 Å². The number of aliphatic carboxylic acids is 1. The van der Waals surface area contributed by atoms with E-state index in [9.17, 15) is 13.6 Å². The van der Waals surface area contributed by atoms with E-state index < -0.39 is 17.6 Å². The molecule has 2 aromatic carbocycles. The number of aryl methyl sites for hydroxylation is 1. The number of carboxylic acid groups (broad SMARTS) is 1. The van der Waals surface area contributed by atoms with Gasteiger partial charge in [-0.3, -0.25) is 4.79 Å². The molecule has 0 radical (unpaired) electrons. The summed E-state index contributed by atoms with van der Waals surface area (Å²) in [5.41, 5.74) is 3.41. The van der Waals surface area contributed by atoms with Crippen LogP contribution in [0.3, 0.4) is 0 Å². The standard InChI is InChI=1S/C21H22ClF2NO3/c1-21(2,24)28-16-10-17(22)20(23)18(11-16)25-8-7-14-9-13(4-6-19(26)27)3-5-15(14)12-25/h3,5,9-11H,4,6-8,12H2,1-2H3,(H,26,27). The summed E-state index contributed by atoms with van der Waals surface area (Å²) in [7, 11) is 0. The molecule has 0 atom stereocenters. The van der Waals surface area contributed by atoms with E-state index in [4.69, 9.17) is 21.4 Å². The summed E-state index contributed by atoms with van der Waals surface area (Å²) in [6.07, 6.45) is 1.26. The van der Waals surface area contributed by atoms with Crippen LogP contribution in [0.25, 0.3) is 0 Å². The number of rotatable bonds is 6. The third-order valence-electron chi connectivity index (χ3n) is 4.59. The number of carboxylic acids is 1. The van der Waals surface area contributed by atoms with E-state index in [1.165, 1.54) is 26.0 Å². The molecular weight excluding hydrogens is 388 g/mol. The zero-order valence-corrected chi connectivity index (χ0v) is 16.5. The number of benzene rings is 2. The third kappa shape index (κ3) is 4.93. The van der Waals surface area contributed by atoms with Crippen molar-refractivity contribution < 1.29 is 23.4 Å². The van der Waals surface area contributed by atoms with Crippen LogP contribution in [0.5, 0.6) is 5.75 Å². The normalized spacial score (nSPS) is 14.0. The molecule has 3 rings (SSSR count). The molecule has 0 saturated heterocycles. The van der Waals surface area contributed by atoms with Gasteiger partial charge in [0, 0.05) is 45.5 Å². The Labute approximate surface area is 167 Å². The summed E-state index contributed by atoms with van der Waals surface area (Å²) in [4.78, 5) is 12.6. The lowest BCUT2D eigenvalue weighted by Gasteiger charge is -2.32. The first-order valence-electron chi connectivity index (χ1n) is 9.07. The van der Waals surface area contributed by atoms with Gasteiger partial charge in [0.25, 0.3) is 0 Å². The first-order chi connectivity index (χ1) is 13.1. The van der Waals surface area contributed by atoms with Crippen molar-refractivity contribution in [1.29, 1.82) is 0 Å². The highest BCUT2D eigenvalue weighted by Crippen LogP contribution is 2.35. The Bertz CT molecular complexity index is 896. The van der Waals surface area contributed by atoms with Gasteiger partial charge in [-0.1, -0.05) is 29.8 Å². The Morgan fingerprint density at radius 2 is 2.04 bits per heavy atom. The largest absolute Gasteiger partial charge is 0.481 e. The summed E-state index contributed by atoms with van der Waals surface area (Å²) >= 11 is 6.00. The van der Waals surface area contributed by atoms with E-state index in [0.717, 1.165) is 16.7 Å². The van der Waals surface area contributed by atoms with Gasteiger partial charge in [-0.2, -0.15) is 4.39 Å². The van der Waals surface area contributed by atoms with Gasteiger partial charge in [0.2, 0.25) is 5.85 Å². The fraction of sp³-hybridized carbons (Fsp3) is 0.381. The van der Waals surface area contributed by atoms with Gasteiger partial charge < -0.3 is 14.7 Å². The third-order valence-corrected chi connectivity index (χ3v) is 4.87.